The Bertz CT molecular complexity index is 1090. The van der Waals surface area contributed by atoms with Crippen LogP contribution in [0, 0.1) is 0 Å². The van der Waals surface area contributed by atoms with Crippen molar-refractivity contribution in [2.75, 3.05) is 5.73 Å². The number of hydrogen-bond donors (Lipinski definition) is 1. The molecular weight excluding hydrogens is 370 g/mol. The predicted molar refractivity (Wildman–Crippen MR) is 120 cm³/mol. The molecule has 4 aromatic carbocycles. The molecule has 0 aliphatic heterocycles. The molecule has 2 N–H and O–H groups in total. The molecule has 4 aromatic rings. The fourth-order valence-electron chi connectivity index (χ4n) is 4.04. The highest BCUT2D eigenvalue weighted by Gasteiger charge is 2.38. The van der Waals surface area contributed by atoms with Crippen molar-refractivity contribution in [2.45, 2.75) is 5.41 Å². The van der Waals surface area contributed by atoms with Gasteiger partial charge in [0, 0.05) is 16.8 Å². The van der Waals surface area contributed by atoms with Gasteiger partial charge in [0.2, 0.25) is 0 Å². The normalized spacial score (nSPS) is 11.1. The van der Waals surface area contributed by atoms with E-state index in [2.05, 4.69) is 12.1 Å². The summed E-state index contributed by atoms with van der Waals surface area (Å²) in [6.45, 7) is 0. The molecule has 0 aliphatic rings. The highest BCUT2D eigenvalue weighted by molar-refractivity contribution is 5.76. The molecule has 146 valence electrons. The van der Waals surface area contributed by atoms with E-state index < -0.39 is 5.41 Å². The van der Waals surface area contributed by atoms with Crippen LogP contribution < -0.4 is 5.73 Å². The van der Waals surface area contributed by atoms with Crippen molar-refractivity contribution in [2.24, 2.45) is 0 Å². The highest BCUT2D eigenvalue weighted by atomic mass is 16.1. The van der Waals surface area contributed by atoms with Crippen molar-refractivity contribution in [3.8, 4) is 0 Å². The number of hydrogen-bond acceptors (Lipinski definition) is 3. The molecule has 4 rings (SSSR count). The van der Waals surface area contributed by atoms with E-state index in [1.54, 1.807) is 0 Å². The standard InChI is InChI=1S/C27H21NO2/c28-26-16-14-25(15-17-26)27(22-4-2-1-3-5-22,23-10-6-20(18-29)7-11-23)24-12-8-21(19-30)9-13-24/h1-19H,28H2. The molecule has 0 heterocycles. The van der Waals surface area contributed by atoms with Crippen LogP contribution in [0.5, 0.6) is 0 Å². The Morgan fingerprint density at radius 1 is 0.500 bits per heavy atom. The summed E-state index contributed by atoms with van der Waals surface area (Å²) in [4.78, 5) is 22.5. The Balaban J connectivity index is 2.09. The number of aldehydes is 2. The molecule has 30 heavy (non-hydrogen) atoms. The molecular formula is C27H21NO2. The van der Waals surface area contributed by atoms with E-state index in [4.69, 9.17) is 5.73 Å². The van der Waals surface area contributed by atoms with Crippen molar-refractivity contribution < 1.29 is 9.59 Å². The molecule has 0 fully saturated rings. The molecule has 0 aromatic heterocycles. The summed E-state index contributed by atoms with van der Waals surface area (Å²) >= 11 is 0. The Labute approximate surface area is 175 Å². The predicted octanol–water partition coefficient (Wildman–Crippen LogP) is 5.28. The Kier molecular flexibility index (Phi) is 5.27. The quantitative estimate of drug-likeness (QED) is 0.276. The second-order valence-electron chi connectivity index (χ2n) is 7.22. The number of nitrogens with two attached hydrogens (primary N) is 1. The van der Waals surface area contributed by atoms with Crippen LogP contribution in [0.3, 0.4) is 0 Å². The summed E-state index contributed by atoms with van der Waals surface area (Å²) < 4.78 is 0. The maximum atomic E-state index is 11.2. The van der Waals surface area contributed by atoms with Gasteiger partial charge in [-0.1, -0.05) is 91.0 Å². The van der Waals surface area contributed by atoms with Crippen molar-refractivity contribution in [3.05, 3.63) is 137 Å². The third-order valence-corrected chi connectivity index (χ3v) is 5.51. The number of carbonyl (C=O) groups is 2. The third-order valence-electron chi connectivity index (χ3n) is 5.51. The molecule has 0 atom stereocenters. The number of benzene rings is 4. The molecule has 3 nitrogen and oxygen atoms in total. The zero-order valence-electron chi connectivity index (χ0n) is 16.4. The fourth-order valence-corrected chi connectivity index (χ4v) is 4.04. The molecule has 0 aliphatic carbocycles. The lowest BCUT2D eigenvalue weighted by atomic mass is 9.65. The van der Waals surface area contributed by atoms with Crippen LogP contribution in [0.1, 0.15) is 43.0 Å². The first-order chi connectivity index (χ1) is 14.7. The van der Waals surface area contributed by atoms with Gasteiger partial charge in [0.1, 0.15) is 12.6 Å². The summed E-state index contributed by atoms with van der Waals surface area (Å²) in [5.41, 5.74) is 11.4. The van der Waals surface area contributed by atoms with E-state index in [-0.39, 0.29) is 0 Å². The number of rotatable bonds is 6. The van der Waals surface area contributed by atoms with Crippen LogP contribution in [0.2, 0.25) is 0 Å². The van der Waals surface area contributed by atoms with Gasteiger partial charge in [0.25, 0.3) is 0 Å². The summed E-state index contributed by atoms with van der Waals surface area (Å²) in [5.74, 6) is 0. The first kappa shape index (κ1) is 19.3. The summed E-state index contributed by atoms with van der Waals surface area (Å²) in [6, 6.07) is 33.3. The van der Waals surface area contributed by atoms with Crippen LogP contribution in [0.4, 0.5) is 5.69 Å². The summed E-state index contributed by atoms with van der Waals surface area (Å²) in [7, 11) is 0. The summed E-state index contributed by atoms with van der Waals surface area (Å²) in [5, 5.41) is 0. The maximum Gasteiger partial charge on any atom is 0.150 e. The smallest absolute Gasteiger partial charge is 0.150 e. The van der Waals surface area contributed by atoms with Gasteiger partial charge >= 0.3 is 0 Å². The van der Waals surface area contributed by atoms with Crippen LogP contribution in [-0.2, 0) is 5.41 Å². The minimum atomic E-state index is -0.641. The largest absolute Gasteiger partial charge is 0.399 e. The van der Waals surface area contributed by atoms with Gasteiger partial charge < -0.3 is 5.73 Å². The lowest BCUT2D eigenvalue weighted by Gasteiger charge is -2.37. The fraction of sp³-hybridized carbons (Fsp3) is 0.0370. The average Bonchev–Trinajstić information content (AvgIpc) is 2.82. The van der Waals surface area contributed by atoms with E-state index in [1.165, 1.54) is 0 Å². The number of carbonyl (C=O) groups excluding carboxylic acids is 2. The van der Waals surface area contributed by atoms with E-state index in [9.17, 15) is 9.59 Å². The minimum absolute atomic E-state index is 0.620. The van der Waals surface area contributed by atoms with Crippen LogP contribution in [0.15, 0.2) is 103 Å². The number of nitrogen functional groups attached to an aromatic ring is 1. The van der Waals surface area contributed by atoms with E-state index in [0.717, 1.165) is 34.8 Å². The SMILES string of the molecule is Nc1ccc(C(c2ccccc2)(c2ccc(C=O)cc2)c2ccc(C=O)cc2)cc1. The Morgan fingerprint density at radius 2 is 0.867 bits per heavy atom. The molecule has 0 bridgehead atoms. The van der Waals surface area contributed by atoms with Crippen molar-refractivity contribution in [1.82, 2.24) is 0 Å². The molecule has 0 radical (unpaired) electrons. The minimum Gasteiger partial charge on any atom is -0.399 e. The third kappa shape index (κ3) is 3.31. The lowest BCUT2D eigenvalue weighted by molar-refractivity contribution is 0.111. The molecule has 0 spiro atoms. The molecule has 0 saturated carbocycles. The van der Waals surface area contributed by atoms with E-state index >= 15 is 0 Å². The van der Waals surface area contributed by atoms with Crippen LogP contribution >= 0.6 is 0 Å². The average molecular weight is 391 g/mol. The monoisotopic (exact) mass is 391 g/mol. The Hall–Kier alpha value is -3.98. The number of anilines is 1. The lowest BCUT2D eigenvalue weighted by Crippen LogP contribution is -2.31. The van der Waals surface area contributed by atoms with Gasteiger partial charge in [-0.05, 0) is 34.4 Å². The first-order valence-electron chi connectivity index (χ1n) is 9.71. The van der Waals surface area contributed by atoms with Crippen LogP contribution in [-0.4, -0.2) is 12.6 Å². The van der Waals surface area contributed by atoms with Gasteiger partial charge in [0.05, 0.1) is 5.41 Å². The van der Waals surface area contributed by atoms with Gasteiger partial charge in [-0.25, -0.2) is 0 Å². The zero-order chi connectivity index (χ0) is 21.0. The van der Waals surface area contributed by atoms with Crippen molar-refractivity contribution in [3.63, 3.8) is 0 Å². The second kappa shape index (κ2) is 8.18. The highest BCUT2D eigenvalue weighted by Crippen LogP contribution is 2.45. The van der Waals surface area contributed by atoms with Gasteiger partial charge in [-0.15, -0.1) is 0 Å². The molecule has 0 amide bonds. The van der Waals surface area contributed by atoms with Crippen molar-refractivity contribution in [1.29, 1.82) is 0 Å². The molecule has 0 saturated heterocycles. The summed E-state index contributed by atoms with van der Waals surface area (Å²) in [6.07, 6.45) is 1.69. The Morgan fingerprint density at radius 3 is 1.27 bits per heavy atom. The van der Waals surface area contributed by atoms with Gasteiger partial charge in [0.15, 0.2) is 0 Å². The van der Waals surface area contributed by atoms with E-state index in [0.29, 0.717) is 16.8 Å². The molecule has 3 heteroatoms. The van der Waals surface area contributed by atoms with Gasteiger partial charge in [-0.2, -0.15) is 0 Å². The first-order valence-corrected chi connectivity index (χ1v) is 9.71. The zero-order valence-corrected chi connectivity index (χ0v) is 16.4. The second-order valence-corrected chi connectivity index (χ2v) is 7.22. The van der Waals surface area contributed by atoms with Gasteiger partial charge in [-0.3, -0.25) is 9.59 Å². The molecule has 0 unspecified atom stereocenters. The van der Waals surface area contributed by atoms with Crippen molar-refractivity contribution >= 4 is 18.3 Å². The topological polar surface area (TPSA) is 60.2 Å². The van der Waals surface area contributed by atoms with E-state index in [1.807, 2.05) is 91.0 Å². The maximum absolute atomic E-state index is 11.2. The van der Waals surface area contributed by atoms with Crippen LogP contribution in [0.25, 0.3) is 0 Å².